The van der Waals surface area contributed by atoms with E-state index in [2.05, 4.69) is 32.5 Å². The second-order valence-electron chi connectivity index (χ2n) is 9.85. The third kappa shape index (κ3) is 5.92. The molecule has 39 heavy (non-hydrogen) atoms. The monoisotopic (exact) mass is 525 g/mol. The minimum atomic E-state index is -0.124. The number of pyridine rings is 1. The van der Waals surface area contributed by atoms with Crippen LogP contribution in [0.4, 0.5) is 11.6 Å². The molecule has 1 atom stereocenters. The van der Waals surface area contributed by atoms with Crippen molar-refractivity contribution in [2.45, 2.75) is 18.9 Å². The maximum atomic E-state index is 12.4. The van der Waals surface area contributed by atoms with Crippen LogP contribution >= 0.6 is 0 Å². The summed E-state index contributed by atoms with van der Waals surface area (Å²) < 4.78 is 12.3. The molecule has 0 saturated carbocycles. The number of ether oxygens (including phenoxy) is 2. The Labute approximate surface area is 227 Å². The quantitative estimate of drug-likeness (QED) is 0.370. The molecule has 2 N–H and O–H groups in total. The maximum absolute atomic E-state index is 12.4. The van der Waals surface area contributed by atoms with E-state index in [1.807, 2.05) is 54.6 Å². The molecule has 1 amide bonds. The molecule has 0 unspecified atom stereocenters. The predicted octanol–water partition coefficient (Wildman–Crippen LogP) is 4.05. The Kier molecular flexibility index (Phi) is 7.20. The van der Waals surface area contributed by atoms with Gasteiger partial charge in [0.1, 0.15) is 17.2 Å². The highest BCUT2D eigenvalue weighted by atomic mass is 16.5. The van der Waals surface area contributed by atoms with Crippen molar-refractivity contribution in [2.75, 3.05) is 50.0 Å². The average molecular weight is 526 g/mol. The fraction of sp³-hybridized carbons (Fsp3) is 0.310. The number of benzene rings is 2. The molecule has 2 aliphatic heterocycles. The molecule has 6 rings (SSSR count). The number of piperazine rings is 1. The molecule has 4 aromatic rings. The van der Waals surface area contributed by atoms with Gasteiger partial charge in [-0.15, -0.1) is 0 Å². The molecule has 10 nitrogen and oxygen atoms in total. The molecule has 2 fully saturated rings. The van der Waals surface area contributed by atoms with Crippen molar-refractivity contribution in [1.29, 1.82) is 0 Å². The first-order chi connectivity index (χ1) is 19.1. The van der Waals surface area contributed by atoms with Gasteiger partial charge < -0.3 is 29.9 Å². The summed E-state index contributed by atoms with van der Waals surface area (Å²) in [6.07, 6.45) is 5.25. The van der Waals surface area contributed by atoms with Crippen molar-refractivity contribution >= 4 is 28.4 Å². The van der Waals surface area contributed by atoms with Crippen LogP contribution in [0.1, 0.15) is 12.8 Å². The lowest BCUT2D eigenvalue weighted by Crippen LogP contribution is -2.45. The highest BCUT2D eigenvalue weighted by Gasteiger charge is 2.22. The first-order valence-corrected chi connectivity index (χ1v) is 13.3. The molecule has 2 aromatic carbocycles. The lowest BCUT2D eigenvalue weighted by atomic mass is 10.2. The van der Waals surface area contributed by atoms with Gasteiger partial charge in [0.25, 0.3) is 0 Å². The number of nitrogens with one attached hydrogen (secondary N) is 2. The second-order valence-corrected chi connectivity index (χ2v) is 9.85. The van der Waals surface area contributed by atoms with Crippen molar-refractivity contribution in [3.8, 4) is 23.1 Å². The van der Waals surface area contributed by atoms with Gasteiger partial charge in [0.15, 0.2) is 0 Å². The third-order valence-corrected chi connectivity index (χ3v) is 6.99. The van der Waals surface area contributed by atoms with Crippen LogP contribution in [0.2, 0.25) is 0 Å². The molecule has 2 saturated heterocycles. The summed E-state index contributed by atoms with van der Waals surface area (Å²) in [5.74, 6) is 2.96. The topological polar surface area (TPSA) is 105 Å². The van der Waals surface area contributed by atoms with E-state index >= 15 is 0 Å². The van der Waals surface area contributed by atoms with Gasteiger partial charge in [-0.2, -0.15) is 4.98 Å². The van der Waals surface area contributed by atoms with Crippen molar-refractivity contribution in [1.82, 2.24) is 25.2 Å². The van der Waals surface area contributed by atoms with Crippen molar-refractivity contribution in [2.24, 2.45) is 0 Å². The van der Waals surface area contributed by atoms with Gasteiger partial charge in [0.05, 0.1) is 23.1 Å². The molecule has 0 aliphatic carbocycles. The summed E-state index contributed by atoms with van der Waals surface area (Å²) in [5.41, 5.74) is 1.50. The number of aromatic nitrogens is 3. The van der Waals surface area contributed by atoms with E-state index < -0.39 is 0 Å². The Hall–Kier alpha value is -4.28. The lowest BCUT2D eigenvalue weighted by Gasteiger charge is -2.32. The van der Waals surface area contributed by atoms with Crippen molar-refractivity contribution < 1.29 is 14.3 Å². The van der Waals surface area contributed by atoms with Crippen molar-refractivity contribution in [3.05, 3.63) is 67.0 Å². The predicted molar refractivity (Wildman–Crippen MR) is 150 cm³/mol. The van der Waals surface area contributed by atoms with Crippen molar-refractivity contribution in [3.63, 3.8) is 0 Å². The number of nitrogens with zero attached hydrogens (tertiary/aromatic N) is 5. The fourth-order valence-electron chi connectivity index (χ4n) is 4.76. The van der Waals surface area contributed by atoms with E-state index in [0.29, 0.717) is 29.1 Å². The number of likely N-dealkylation sites (N-methyl/N-ethyl adjacent to an activating group) is 1. The van der Waals surface area contributed by atoms with Gasteiger partial charge in [-0.05, 0) is 81.0 Å². The first-order valence-electron chi connectivity index (χ1n) is 13.3. The maximum Gasteiger partial charge on any atom is 0.241 e. The summed E-state index contributed by atoms with van der Waals surface area (Å²) in [6.45, 7) is 4.49. The molecule has 10 heteroatoms. The van der Waals surface area contributed by atoms with Gasteiger partial charge in [-0.25, -0.2) is 4.98 Å². The van der Waals surface area contributed by atoms with E-state index in [1.54, 1.807) is 12.4 Å². The van der Waals surface area contributed by atoms with Gasteiger partial charge in [-0.1, -0.05) is 0 Å². The molecule has 0 bridgehead atoms. The average Bonchev–Trinajstić information content (AvgIpc) is 3.51. The Balaban J connectivity index is 1.24. The largest absolute Gasteiger partial charge is 0.457 e. The smallest absolute Gasteiger partial charge is 0.241 e. The van der Waals surface area contributed by atoms with Crippen LogP contribution in [-0.4, -0.2) is 71.6 Å². The molecule has 2 aromatic heterocycles. The fourth-order valence-corrected chi connectivity index (χ4v) is 4.76. The van der Waals surface area contributed by atoms with E-state index in [0.717, 1.165) is 62.2 Å². The minimum absolute atomic E-state index is 0.00668. The normalized spacial score (nSPS) is 17.8. The van der Waals surface area contributed by atoms with Crippen LogP contribution in [0.15, 0.2) is 67.0 Å². The number of hydrogen-bond donors (Lipinski definition) is 2. The van der Waals surface area contributed by atoms with E-state index in [1.165, 1.54) is 0 Å². The molecule has 0 radical (unpaired) electrons. The van der Waals surface area contributed by atoms with Gasteiger partial charge in [-0.3, -0.25) is 9.78 Å². The summed E-state index contributed by atoms with van der Waals surface area (Å²) >= 11 is 0. The van der Waals surface area contributed by atoms with E-state index in [-0.39, 0.29) is 11.9 Å². The number of rotatable bonds is 7. The standard InChI is InChI=1S/C29H31N7O3/c1-35-14-16-36(17-15-35)29-33-25-11-10-22(18-24(25)28(34-29)39-23-4-2-12-30-19-23)38-21-8-6-20(7-9-21)32-27(37)26-5-3-13-31-26/h2,4,6-12,18-19,26,31H,3,5,13-17H2,1H3,(H,32,37)/t26-/m0/s1. The zero-order valence-electron chi connectivity index (χ0n) is 21.8. The van der Waals surface area contributed by atoms with E-state index in [4.69, 9.17) is 19.4 Å². The molecule has 2 aliphatic rings. The second kappa shape index (κ2) is 11.2. The van der Waals surface area contributed by atoms with Gasteiger partial charge in [0, 0.05) is 38.1 Å². The SMILES string of the molecule is CN1CCN(c2nc(Oc3cccnc3)c3cc(Oc4ccc(NC(=O)[C@@H]5CCCN5)cc4)ccc3n2)CC1. The van der Waals surface area contributed by atoms with Crippen LogP contribution in [0.25, 0.3) is 10.9 Å². The lowest BCUT2D eigenvalue weighted by molar-refractivity contribution is -0.117. The Morgan fingerprint density at radius 1 is 0.974 bits per heavy atom. The summed E-state index contributed by atoms with van der Waals surface area (Å²) in [5, 5.41) is 6.91. The summed E-state index contributed by atoms with van der Waals surface area (Å²) in [4.78, 5) is 30.7. The summed E-state index contributed by atoms with van der Waals surface area (Å²) in [7, 11) is 2.12. The molecule has 0 spiro atoms. The highest BCUT2D eigenvalue weighted by molar-refractivity contribution is 5.95. The van der Waals surface area contributed by atoms with Crippen LogP contribution in [0.3, 0.4) is 0 Å². The number of fused-ring (bicyclic) bond motifs is 1. The molecule has 4 heterocycles. The van der Waals surface area contributed by atoms with Gasteiger partial charge >= 0.3 is 0 Å². The van der Waals surface area contributed by atoms with Crippen LogP contribution in [0, 0.1) is 0 Å². The number of amides is 1. The van der Waals surface area contributed by atoms with E-state index in [9.17, 15) is 4.79 Å². The minimum Gasteiger partial charge on any atom is -0.457 e. The van der Waals surface area contributed by atoms with Crippen LogP contribution < -0.4 is 25.0 Å². The van der Waals surface area contributed by atoms with Crippen LogP contribution in [0.5, 0.6) is 23.1 Å². The Bertz CT molecular complexity index is 1430. The number of hydrogen-bond acceptors (Lipinski definition) is 9. The number of carbonyl (C=O) groups is 1. The Morgan fingerprint density at radius 2 is 1.79 bits per heavy atom. The van der Waals surface area contributed by atoms with Crippen LogP contribution in [-0.2, 0) is 4.79 Å². The third-order valence-electron chi connectivity index (χ3n) is 6.99. The zero-order valence-corrected chi connectivity index (χ0v) is 21.8. The first kappa shape index (κ1) is 25.0. The molecule has 200 valence electrons. The Morgan fingerprint density at radius 3 is 2.54 bits per heavy atom. The molecular weight excluding hydrogens is 494 g/mol. The summed E-state index contributed by atoms with van der Waals surface area (Å²) in [6, 6.07) is 16.6. The zero-order chi connectivity index (χ0) is 26.6. The molecular formula is C29H31N7O3. The highest BCUT2D eigenvalue weighted by Crippen LogP contribution is 2.33. The number of carbonyl (C=O) groups excluding carboxylic acids is 1. The van der Waals surface area contributed by atoms with Gasteiger partial charge in [0.2, 0.25) is 17.7 Å². The number of anilines is 2.